The van der Waals surface area contributed by atoms with Crippen LogP contribution in [-0.4, -0.2) is 45.3 Å². The zero-order chi connectivity index (χ0) is 20.9. The molecule has 2 aromatic rings. The number of hydrogen-bond acceptors (Lipinski definition) is 5. The summed E-state index contributed by atoms with van der Waals surface area (Å²) in [6, 6.07) is 13.8. The van der Waals surface area contributed by atoms with Crippen LogP contribution < -0.4 is 10.2 Å². The molecule has 152 valence electrons. The lowest BCUT2D eigenvalue weighted by Crippen LogP contribution is -2.29. The van der Waals surface area contributed by atoms with Crippen LogP contribution in [0.4, 0.5) is 5.69 Å². The maximum atomic E-state index is 12.1. The van der Waals surface area contributed by atoms with Crippen molar-refractivity contribution in [2.24, 2.45) is 0 Å². The van der Waals surface area contributed by atoms with Crippen molar-refractivity contribution in [2.75, 3.05) is 25.5 Å². The molecule has 1 amide bonds. The van der Waals surface area contributed by atoms with Gasteiger partial charge < -0.3 is 15.3 Å². The van der Waals surface area contributed by atoms with Crippen LogP contribution in [-0.2, 0) is 21.1 Å². The van der Waals surface area contributed by atoms with Gasteiger partial charge in [0.05, 0.1) is 22.7 Å². The standard InChI is InChI=1S/C21H28N2O4S/c1-15(2)28(26,27)19-11-5-16(6-12-19)13-21(25)22-14-20(24)17-7-9-18(10-8-17)23(3)4/h5-12,15,20,24H,13-14H2,1-4H3,(H,22,25). The molecule has 0 aromatic heterocycles. The van der Waals surface area contributed by atoms with Crippen molar-refractivity contribution in [2.45, 2.75) is 36.5 Å². The zero-order valence-corrected chi connectivity index (χ0v) is 17.5. The zero-order valence-electron chi connectivity index (χ0n) is 16.7. The lowest BCUT2D eigenvalue weighted by molar-refractivity contribution is -0.120. The Balaban J connectivity index is 1.90. The average Bonchev–Trinajstić information content (AvgIpc) is 2.66. The first kappa shape index (κ1) is 21.9. The van der Waals surface area contributed by atoms with E-state index in [9.17, 15) is 18.3 Å². The Kier molecular flexibility index (Phi) is 7.21. The lowest BCUT2D eigenvalue weighted by atomic mass is 10.1. The third-order valence-electron chi connectivity index (χ3n) is 4.52. The predicted octanol–water partition coefficient (Wildman–Crippen LogP) is 2.33. The minimum Gasteiger partial charge on any atom is -0.387 e. The summed E-state index contributed by atoms with van der Waals surface area (Å²) in [5, 5.41) is 12.5. The van der Waals surface area contributed by atoms with Gasteiger partial charge in [0.2, 0.25) is 5.91 Å². The number of rotatable bonds is 8. The number of aliphatic hydroxyl groups excluding tert-OH is 1. The lowest BCUT2D eigenvalue weighted by Gasteiger charge is -2.16. The first-order valence-corrected chi connectivity index (χ1v) is 10.7. The van der Waals surface area contributed by atoms with Gasteiger partial charge in [-0.25, -0.2) is 8.42 Å². The van der Waals surface area contributed by atoms with E-state index in [-0.39, 0.29) is 23.8 Å². The van der Waals surface area contributed by atoms with Crippen molar-refractivity contribution in [3.63, 3.8) is 0 Å². The molecule has 28 heavy (non-hydrogen) atoms. The van der Waals surface area contributed by atoms with Crippen molar-refractivity contribution in [3.8, 4) is 0 Å². The molecule has 0 aliphatic heterocycles. The summed E-state index contributed by atoms with van der Waals surface area (Å²) in [4.78, 5) is 14.4. The number of aliphatic hydroxyl groups is 1. The number of sulfone groups is 1. The Morgan fingerprint density at radius 1 is 1.04 bits per heavy atom. The molecular weight excluding hydrogens is 376 g/mol. The number of benzene rings is 2. The molecule has 0 saturated carbocycles. The third kappa shape index (κ3) is 5.56. The molecule has 2 aromatic carbocycles. The Hall–Kier alpha value is -2.38. The molecule has 0 spiro atoms. The summed E-state index contributed by atoms with van der Waals surface area (Å²) in [5.41, 5.74) is 2.47. The Labute approximate surface area is 167 Å². The van der Waals surface area contributed by atoms with E-state index in [4.69, 9.17) is 0 Å². The van der Waals surface area contributed by atoms with Gasteiger partial charge in [0, 0.05) is 26.3 Å². The summed E-state index contributed by atoms with van der Waals surface area (Å²) in [5.74, 6) is -0.233. The van der Waals surface area contributed by atoms with Crippen LogP contribution in [0, 0.1) is 0 Å². The fraction of sp³-hybridized carbons (Fsp3) is 0.381. The van der Waals surface area contributed by atoms with Gasteiger partial charge in [-0.2, -0.15) is 0 Å². The topological polar surface area (TPSA) is 86.7 Å². The summed E-state index contributed by atoms with van der Waals surface area (Å²) in [7, 11) is 0.562. The van der Waals surface area contributed by atoms with Gasteiger partial charge in [0.15, 0.2) is 9.84 Å². The van der Waals surface area contributed by atoms with Gasteiger partial charge in [-0.15, -0.1) is 0 Å². The Bertz CT molecular complexity index is 889. The van der Waals surface area contributed by atoms with Gasteiger partial charge >= 0.3 is 0 Å². The predicted molar refractivity (Wildman–Crippen MR) is 111 cm³/mol. The highest BCUT2D eigenvalue weighted by Gasteiger charge is 2.19. The number of carbonyl (C=O) groups excluding carboxylic acids is 1. The summed E-state index contributed by atoms with van der Waals surface area (Å²) < 4.78 is 24.3. The molecule has 7 heteroatoms. The second-order valence-electron chi connectivity index (χ2n) is 7.22. The third-order valence-corrected chi connectivity index (χ3v) is 6.69. The maximum Gasteiger partial charge on any atom is 0.224 e. The van der Waals surface area contributed by atoms with E-state index >= 15 is 0 Å². The average molecular weight is 405 g/mol. The van der Waals surface area contributed by atoms with Gasteiger partial charge in [0.25, 0.3) is 0 Å². The van der Waals surface area contributed by atoms with Crippen LogP contribution >= 0.6 is 0 Å². The first-order valence-electron chi connectivity index (χ1n) is 9.16. The van der Waals surface area contributed by atoms with Crippen molar-refractivity contribution in [1.29, 1.82) is 0 Å². The van der Waals surface area contributed by atoms with Crippen molar-refractivity contribution in [3.05, 3.63) is 59.7 Å². The van der Waals surface area contributed by atoms with Crippen molar-refractivity contribution in [1.82, 2.24) is 5.32 Å². The molecule has 0 aliphatic rings. The highest BCUT2D eigenvalue weighted by atomic mass is 32.2. The van der Waals surface area contributed by atoms with E-state index in [1.807, 2.05) is 43.3 Å². The molecule has 0 heterocycles. The number of nitrogens with zero attached hydrogens (tertiary/aromatic N) is 1. The molecule has 6 nitrogen and oxygen atoms in total. The van der Waals surface area contributed by atoms with E-state index in [0.717, 1.165) is 11.3 Å². The molecule has 1 unspecified atom stereocenters. The van der Waals surface area contributed by atoms with E-state index in [0.29, 0.717) is 5.56 Å². The molecule has 0 saturated heterocycles. The maximum absolute atomic E-state index is 12.1. The summed E-state index contributed by atoms with van der Waals surface area (Å²) in [6.45, 7) is 3.38. The molecule has 2 N–H and O–H groups in total. The van der Waals surface area contributed by atoms with Gasteiger partial charge in [0.1, 0.15) is 0 Å². The van der Waals surface area contributed by atoms with Crippen LogP contribution in [0.3, 0.4) is 0 Å². The van der Waals surface area contributed by atoms with E-state index in [2.05, 4.69) is 5.32 Å². The molecule has 2 rings (SSSR count). The molecule has 0 radical (unpaired) electrons. The smallest absolute Gasteiger partial charge is 0.224 e. The van der Waals surface area contributed by atoms with Crippen molar-refractivity contribution < 1.29 is 18.3 Å². The first-order chi connectivity index (χ1) is 13.1. The molecule has 0 aliphatic carbocycles. The number of carbonyl (C=O) groups is 1. The number of amides is 1. The molecule has 0 bridgehead atoms. The highest BCUT2D eigenvalue weighted by Crippen LogP contribution is 2.18. The molecular formula is C21H28N2O4S. The van der Waals surface area contributed by atoms with Crippen LogP contribution in [0.1, 0.15) is 31.1 Å². The van der Waals surface area contributed by atoms with Gasteiger partial charge in [-0.3, -0.25) is 4.79 Å². The van der Waals surface area contributed by atoms with Crippen LogP contribution in [0.25, 0.3) is 0 Å². The second-order valence-corrected chi connectivity index (χ2v) is 9.72. The SMILES string of the molecule is CC(C)S(=O)(=O)c1ccc(CC(=O)NCC(O)c2ccc(N(C)C)cc2)cc1. The normalized spacial score (nSPS) is 12.6. The molecule has 1 atom stereocenters. The highest BCUT2D eigenvalue weighted by molar-refractivity contribution is 7.92. The van der Waals surface area contributed by atoms with Gasteiger partial charge in [-0.1, -0.05) is 24.3 Å². The fourth-order valence-corrected chi connectivity index (χ4v) is 3.70. The molecule has 0 fully saturated rings. The largest absolute Gasteiger partial charge is 0.387 e. The minimum atomic E-state index is -3.32. The number of nitrogens with one attached hydrogen (secondary N) is 1. The van der Waals surface area contributed by atoms with Crippen LogP contribution in [0.15, 0.2) is 53.4 Å². The minimum absolute atomic E-state index is 0.111. The number of anilines is 1. The van der Waals surface area contributed by atoms with Crippen molar-refractivity contribution >= 4 is 21.4 Å². The Morgan fingerprint density at radius 3 is 2.11 bits per heavy atom. The summed E-state index contributed by atoms with van der Waals surface area (Å²) in [6.07, 6.45) is -0.674. The second kappa shape index (κ2) is 9.21. The Morgan fingerprint density at radius 2 is 1.61 bits per heavy atom. The van der Waals surface area contributed by atoms with Gasteiger partial charge in [-0.05, 0) is 49.2 Å². The number of hydrogen-bond donors (Lipinski definition) is 2. The van der Waals surface area contributed by atoms with Crippen LogP contribution in [0.2, 0.25) is 0 Å². The fourth-order valence-electron chi connectivity index (χ4n) is 2.64. The van der Waals surface area contributed by atoms with E-state index in [1.54, 1.807) is 26.0 Å². The monoisotopic (exact) mass is 404 g/mol. The van der Waals surface area contributed by atoms with E-state index < -0.39 is 21.2 Å². The van der Waals surface area contributed by atoms with E-state index in [1.165, 1.54) is 12.1 Å². The van der Waals surface area contributed by atoms with Crippen LogP contribution in [0.5, 0.6) is 0 Å². The summed E-state index contributed by atoms with van der Waals surface area (Å²) >= 11 is 0. The quantitative estimate of drug-likeness (QED) is 0.705.